The van der Waals surface area contributed by atoms with Gasteiger partial charge in [0.25, 0.3) is 0 Å². The Kier molecular flexibility index (Phi) is 3.88. The zero-order chi connectivity index (χ0) is 13.8. The van der Waals surface area contributed by atoms with Crippen LogP contribution in [0.15, 0.2) is 48.5 Å². The summed E-state index contributed by atoms with van der Waals surface area (Å²) in [5.41, 5.74) is 2.58. The highest BCUT2D eigenvalue weighted by atomic mass is 16.7. The van der Waals surface area contributed by atoms with Crippen LogP contribution in [-0.4, -0.2) is 13.3 Å². The van der Waals surface area contributed by atoms with Gasteiger partial charge < -0.3 is 14.8 Å². The Bertz CT molecular complexity index is 568. The van der Waals surface area contributed by atoms with E-state index in [1.807, 2.05) is 12.1 Å². The smallest absolute Gasteiger partial charge is 0.231 e. The molecule has 0 saturated carbocycles. The molecule has 1 aliphatic heterocycles. The maximum Gasteiger partial charge on any atom is 0.231 e. The van der Waals surface area contributed by atoms with Gasteiger partial charge in [-0.1, -0.05) is 43.3 Å². The van der Waals surface area contributed by atoms with Gasteiger partial charge in [-0.25, -0.2) is 0 Å². The minimum atomic E-state index is 0.331. The van der Waals surface area contributed by atoms with Crippen molar-refractivity contribution in [2.75, 3.05) is 13.3 Å². The van der Waals surface area contributed by atoms with E-state index in [2.05, 4.69) is 48.6 Å². The highest BCUT2D eigenvalue weighted by Gasteiger charge is 2.13. The number of nitrogens with one attached hydrogen (secondary N) is 1. The lowest BCUT2D eigenvalue weighted by atomic mass is 10.0. The van der Waals surface area contributed by atoms with E-state index in [1.54, 1.807) is 0 Å². The van der Waals surface area contributed by atoms with Crippen molar-refractivity contribution in [1.82, 2.24) is 5.32 Å². The van der Waals surface area contributed by atoms with Crippen LogP contribution in [0.5, 0.6) is 11.5 Å². The molecule has 104 valence electrons. The molecule has 0 amide bonds. The summed E-state index contributed by atoms with van der Waals surface area (Å²) in [6, 6.07) is 16.7. The Balaban J connectivity index is 1.53. The van der Waals surface area contributed by atoms with E-state index in [0.29, 0.717) is 12.7 Å². The van der Waals surface area contributed by atoms with Gasteiger partial charge in [0.1, 0.15) is 0 Å². The Morgan fingerprint density at radius 1 is 1.05 bits per heavy atom. The molecule has 0 spiro atoms. The molecule has 2 aromatic rings. The van der Waals surface area contributed by atoms with Crippen molar-refractivity contribution in [3.8, 4) is 11.5 Å². The van der Waals surface area contributed by atoms with Gasteiger partial charge in [0, 0.05) is 13.1 Å². The van der Waals surface area contributed by atoms with Crippen LogP contribution in [0.3, 0.4) is 0 Å². The second kappa shape index (κ2) is 5.97. The third-order valence-electron chi connectivity index (χ3n) is 3.59. The lowest BCUT2D eigenvalue weighted by Gasteiger charge is -2.13. The summed E-state index contributed by atoms with van der Waals surface area (Å²) in [6.07, 6.45) is 0. The first-order valence-corrected chi connectivity index (χ1v) is 6.97. The molecule has 3 heteroatoms. The average Bonchev–Trinajstić information content (AvgIpc) is 2.95. The molecule has 0 saturated heterocycles. The van der Waals surface area contributed by atoms with Crippen LogP contribution < -0.4 is 14.8 Å². The second-order valence-electron chi connectivity index (χ2n) is 5.13. The van der Waals surface area contributed by atoms with E-state index in [1.165, 1.54) is 11.1 Å². The van der Waals surface area contributed by atoms with Crippen molar-refractivity contribution < 1.29 is 9.47 Å². The largest absolute Gasteiger partial charge is 0.454 e. The fraction of sp³-hybridized carbons (Fsp3) is 0.294. The zero-order valence-corrected chi connectivity index (χ0v) is 11.6. The van der Waals surface area contributed by atoms with Crippen LogP contribution >= 0.6 is 0 Å². The first-order valence-electron chi connectivity index (χ1n) is 6.97. The van der Waals surface area contributed by atoms with Gasteiger partial charge in [-0.2, -0.15) is 0 Å². The molecule has 1 atom stereocenters. The van der Waals surface area contributed by atoms with Crippen LogP contribution in [0, 0.1) is 0 Å². The van der Waals surface area contributed by atoms with Crippen LogP contribution in [0.1, 0.15) is 24.0 Å². The van der Waals surface area contributed by atoms with E-state index < -0.39 is 0 Å². The SMILES string of the molecule is C[C@H](CNCc1ccc2c(c1)OCO2)c1ccccc1. The summed E-state index contributed by atoms with van der Waals surface area (Å²) in [5, 5.41) is 3.49. The van der Waals surface area contributed by atoms with Gasteiger partial charge in [-0.3, -0.25) is 0 Å². The zero-order valence-electron chi connectivity index (χ0n) is 11.6. The Morgan fingerprint density at radius 3 is 2.70 bits per heavy atom. The summed E-state index contributed by atoms with van der Waals surface area (Å²) in [5.74, 6) is 2.19. The maximum absolute atomic E-state index is 5.39. The predicted molar refractivity (Wildman–Crippen MR) is 79.1 cm³/mol. The first kappa shape index (κ1) is 13.0. The lowest BCUT2D eigenvalue weighted by molar-refractivity contribution is 0.174. The molecule has 20 heavy (non-hydrogen) atoms. The fourth-order valence-electron chi connectivity index (χ4n) is 2.38. The van der Waals surface area contributed by atoms with Gasteiger partial charge in [0.05, 0.1) is 0 Å². The monoisotopic (exact) mass is 269 g/mol. The molecular formula is C17H19NO2. The van der Waals surface area contributed by atoms with E-state index in [4.69, 9.17) is 9.47 Å². The Labute approximate surface area is 119 Å². The highest BCUT2D eigenvalue weighted by Crippen LogP contribution is 2.32. The van der Waals surface area contributed by atoms with Gasteiger partial charge in [-0.15, -0.1) is 0 Å². The number of hydrogen-bond donors (Lipinski definition) is 1. The molecule has 0 radical (unpaired) electrons. The number of rotatable bonds is 5. The third-order valence-corrected chi connectivity index (χ3v) is 3.59. The number of ether oxygens (including phenoxy) is 2. The van der Waals surface area contributed by atoms with Crippen molar-refractivity contribution in [3.63, 3.8) is 0 Å². The quantitative estimate of drug-likeness (QED) is 0.903. The van der Waals surface area contributed by atoms with Gasteiger partial charge >= 0.3 is 0 Å². The molecule has 1 aliphatic rings. The summed E-state index contributed by atoms with van der Waals surface area (Å²) in [6.45, 7) is 4.37. The van der Waals surface area contributed by atoms with E-state index in [-0.39, 0.29) is 0 Å². The predicted octanol–water partition coefficient (Wildman–Crippen LogP) is 3.31. The summed E-state index contributed by atoms with van der Waals surface area (Å²) in [4.78, 5) is 0. The van der Waals surface area contributed by atoms with Crippen molar-refractivity contribution in [3.05, 3.63) is 59.7 Å². The molecular weight excluding hydrogens is 250 g/mol. The van der Waals surface area contributed by atoms with Gasteiger partial charge in [-0.05, 0) is 29.2 Å². The van der Waals surface area contributed by atoms with Crippen LogP contribution in [0.4, 0.5) is 0 Å². The molecule has 1 heterocycles. The lowest BCUT2D eigenvalue weighted by Crippen LogP contribution is -2.19. The van der Waals surface area contributed by atoms with Crippen molar-refractivity contribution in [2.24, 2.45) is 0 Å². The molecule has 0 fully saturated rings. The van der Waals surface area contributed by atoms with Crippen molar-refractivity contribution in [2.45, 2.75) is 19.4 Å². The minimum Gasteiger partial charge on any atom is -0.454 e. The van der Waals surface area contributed by atoms with Crippen LogP contribution in [0.2, 0.25) is 0 Å². The van der Waals surface area contributed by atoms with Crippen LogP contribution in [-0.2, 0) is 6.54 Å². The third kappa shape index (κ3) is 2.94. The molecule has 3 nitrogen and oxygen atoms in total. The van der Waals surface area contributed by atoms with Gasteiger partial charge in [0.2, 0.25) is 6.79 Å². The molecule has 0 bridgehead atoms. The topological polar surface area (TPSA) is 30.5 Å². The highest BCUT2D eigenvalue weighted by molar-refractivity contribution is 5.44. The molecule has 1 N–H and O–H groups in total. The maximum atomic E-state index is 5.39. The van der Waals surface area contributed by atoms with E-state index >= 15 is 0 Å². The number of benzene rings is 2. The first-order chi connectivity index (χ1) is 9.83. The van der Waals surface area contributed by atoms with Crippen LogP contribution in [0.25, 0.3) is 0 Å². The standard InChI is InChI=1S/C17H19NO2/c1-13(15-5-3-2-4-6-15)10-18-11-14-7-8-16-17(9-14)20-12-19-16/h2-9,13,18H,10-12H2,1H3/t13-/m1/s1. The summed E-state index contributed by atoms with van der Waals surface area (Å²) < 4.78 is 10.7. The van der Waals surface area contributed by atoms with Gasteiger partial charge in [0.15, 0.2) is 11.5 Å². The average molecular weight is 269 g/mol. The fourth-order valence-corrected chi connectivity index (χ4v) is 2.38. The molecule has 0 aliphatic carbocycles. The normalized spacial score (nSPS) is 14.2. The van der Waals surface area contributed by atoms with Crippen molar-refractivity contribution in [1.29, 1.82) is 0 Å². The Hall–Kier alpha value is -2.00. The molecule has 0 unspecified atom stereocenters. The van der Waals surface area contributed by atoms with E-state index in [9.17, 15) is 0 Å². The number of fused-ring (bicyclic) bond motifs is 1. The number of hydrogen-bond acceptors (Lipinski definition) is 3. The second-order valence-corrected chi connectivity index (χ2v) is 5.13. The summed E-state index contributed by atoms with van der Waals surface area (Å²) >= 11 is 0. The minimum absolute atomic E-state index is 0.331. The van der Waals surface area contributed by atoms with E-state index in [0.717, 1.165) is 24.6 Å². The van der Waals surface area contributed by atoms with Crippen molar-refractivity contribution >= 4 is 0 Å². The molecule has 2 aromatic carbocycles. The summed E-state index contributed by atoms with van der Waals surface area (Å²) in [7, 11) is 0. The Morgan fingerprint density at radius 2 is 1.85 bits per heavy atom. The molecule has 0 aromatic heterocycles. The molecule has 3 rings (SSSR count).